The van der Waals surface area contributed by atoms with Crippen molar-refractivity contribution in [3.63, 3.8) is 0 Å². The predicted molar refractivity (Wildman–Crippen MR) is 166 cm³/mol. The number of anilines is 2. The van der Waals surface area contributed by atoms with Gasteiger partial charge in [-0.3, -0.25) is 9.78 Å². The highest BCUT2D eigenvalue weighted by Crippen LogP contribution is 2.43. The van der Waals surface area contributed by atoms with Crippen molar-refractivity contribution in [1.29, 1.82) is 0 Å². The van der Waals surface area contributed by atoms with Gasteiger partial charge in [-0.1, -0.05) is 0 Å². The molecule has 3 N–H and O–H groups in total. The minimum atomic E-state index is -1.41. The summed E-state index contributed by atoms with van der Waals surface area (Å²) in [6.45, 7) is 5.46. The Morgan fingerprint density at radius 2 is 1.40 bits per heavy atom. The number of primary amides is 1. The van der Waals surface area contributed by atoms with Gasteiger partial charge in [0, 0.05) is 67.2 Å². The van der Waals surface area contributed by atoms with Gasteiger partial charge in [0.2, 0.25) is 17.0 Å². The summed E-state index contributed by atoms with van der Waals surface area (Å²) in [6.07, 6.45) is 11.8. The number of hydrogen-bond donors (Lipinski definition) is 2. The summed E-state index contributed by atoms with van der Waals surface area (Å²) in [6, 6.07) is 8.47. The highest BCUT2D eigenvalue weighted by atomic mass is 16.5. The maximum Gasteiger partial charge on any atom is 0.299 e. The van der Waals surface area contributed by atoms with E-state index < -0.39 is 11.6 Å². The molecule has 8 rings (SSSR count). The average molecular weight is 608 g/mol. The first-order valence-corrected chi connectivity index (χ1v) is 15.5. The van der Waals surface area contributed by atoms with E-state index in [2.05, 4.69) is 40.0 Å². The van der Waals surface area contributed by atoms with Gasteiger partial charge in [-0.25, -0.2) is 9.97 Å². The van der Waals surface area contributed by atoms with Crippen LogP contribution in [0.2, 0.25) is 0 Å². The molecule has 3 aliphatic rings. The van der Waals surface area contributed by atoms with Crippen molar-refractivity contribution in [3.8, 4) is 0 Å². The molecule has 0 saturated carbocycles. The van der Waals surface area contributed by atoms with E-state index in [1.807, 2.05) is 25.1 Å². The van der Waals surface area contributed by atoms with Crippen LogP contribution in [0.5, 0.6) is 0 Å². The number of nitrogens with zero attached hydrogens (tertiary/aromatic N) is 7. The van der Waals surface area contributed by atoms with Gasteiger partial charge >= 0.3 is 0 Å². The van der Waals surface area contributed by atoms with Gasteiger partial charge in [0.05, 0.1) is 0 Å². The molecule has 0 radical (unpaired) electrons. The summed E-state index contributed by atoms with van der Waals surface area (Å²) < 4.78 is 19.1. The van der Waals surface area contributed by atoms with E-state index in [9.17, 15) is 4.79 Å². The number of nitrogens with two attached hydrogens (primary N) is 1. The van der Waals surface area contributed by atoms with Crippen LogP contribution in [0.15, 0.2) is 57.4 Å². The van der Waals surface area contributed by atoms with Crippen LogP contribution in [0, 0.1) is 6.92 Å². The number of hydrogen-bond acceptors (Lipinski definition) is 12. The molecular weight excluding hydrogens is 574 g/mol. The number of carbonyl (C=O) groups excluding carboxylic acids is 1. The molecule has 230 valence electrons. The predicted octanol–water partition coefficient (Wildman–Crippen LogP) is 4.12. The van der Waals surface area contributed by atoms with E-state index in [0.29, 0.717) is 51.2 Å². The fourth-order valence-electron chi connectivity index (χ4n) is 6.32. The number of pyridine rings is 3. The molecule has 2 saturated heterocycles. The van der Waals surface area contributed by atoms with E-state index in [1.165, 1.54) is 12.8 Å². The van der Waals surface area contributed by atoms with Gasteiger partial charge < -0.3 is 34.4 Å². The summed E-state index contributed by atoms with van der Waals surface area (Å²) in [5.41, 5.74) is 9.13. The third-order valence-electron chi connectivity index (χ3n) is 8.74. The fourth-order valence-corrected chi connectivity index (χ4v) is 6.32. The van der Waals surface area contributed by atoms with E-state index in [1.54, 1.807) is 24.7 Å². The second kappa shape index (κ2) is 10.8. The quantitative estimate of drug-likeness (QED) is 0.284. The molecule has 1 unspecified atom stereocenters. The molecule has 0 aliphatic carbocycles. The highest BCUT2D eigenvalue weighted by Gasteiger charge is 2.47. The molecule has 0 aromatic carbocycles. The van der Waals surface area contributed by atoms with E-state index in [4.69, 9.17) is 19.3 Å². The maximum absolute atomic E-state index is 12.9. The summed E-state index contributed by atoms with van der Waals surface area (Å²) in [4.78, 5) is 40.2. The lowest BCUT2D eigenvalue weighted by Crippen LogP contribution is -2.42. The zero-order chi connectivity index (χ0) is 30.5. The molecule has 5 aromatic heterocycles. The Hall–Kier alpha value is -5.20. The van der Waals surface area contributed by atoms with Crippen molar-refractivity contribution < 1.29 is 18.4 Å². The number of rotatable bonds is 6. The number of carbonyl (C=O) groups is 1. The topological polar surface area (TPSA) is 162 Å². The zero-order valence-electron chi connectivity index (χ0n) is 25.0. The number of ether oxygens (including phenoxy) is 1. The summed E-state index contributed by atoms with van der Waals surface area (Å²) in [5.74, 6) is -0.472. The highest BCUT2D eigenvalue weighted by molar-refractivity contribution is 6.00. The number of nitrogens with one attached hydrogen (secondary N) is 1. The molecule has 5 aromatic rings. The van der Waals surface area contributed by atoms with Crippen molar-refractivity contribution >= 4 is 46.2 Å². The molecule has 1 atom stereocenters. The summed E-state index contributed by atoms with van der Waals surface area (Å²) in [5, 5.41) is 3.29. The first kappa shape index (κ1) is 27.4. The standard InChI is InChI=1S/C32H33N9O4/c1-19-8-9-21(17-34-19)32(22-15-24-29(36-18-22)38-31(44-24)41-12-6-3-7-13-41)39-25(27(33)42)26(45-32)20-14-23-28(35-16-20)37-30(43-23)40-10-4-2-5-11-40/h8-9,14-18,39H,2-7,10-13H2,1H3,(H2,33,42). The normalized spacial score (nSPS) is 20.6. The van der Waals surface area contributed by atoms with Crippen LogP contribution < -0.4 is 20.9 Å². The number of aromatic nitrogens is 5. The number of fused-ring (bicyclic) bond motifs is 2. The Morgan fingerprint density at radius 3 is 2.00 bits per heavy atom. The number of oxazole rings is 2. The van der Waals surface area contributed by atoms with Crippen molar-refractivity contribution in [1.82, 2.24) is 30.2 Å². The minimum Gasteiger partial charge on any atom is -0.456 e. The lowest BCUT2D eigenvalue weighted by atomic mass is 9.96. The monoisotopic (exact) mass is 607 g/mol. The van der Waals surface area contributed by atoms with Crippen LogP contribution >= 0.6 is 0 Å². The first-order chi connectivity index (χ1) is 22.0. The Morgan fingerprint density at radius 1 is 0.800 bits per heavy atom. The summed E-state index contributed by atoms with van der Waals surface area (Å²) in [7, 11) is 0. The maximum atomic E-state index is 12.9. The molecule has 0 bridgehead atoms. The van der Waals surface area contributed by atoms with Gasteiger partial charge in [0.1, 0.15) is 5.70 Å². The van der Waals surface area contributed by atoms with Gasteiger partial charge in [-0.15, -0.1) is 0 Å². The Labute approximate surface area is 258 Å². The van der Waals surface area contributed by atoms with Crippen LogP contribution in [0.1, 0.15) is 60.9 Å². The van der Waals surface area contributed by atoms with Crippen LogP contribution in [-0.4, -0.2) is 57.0 Å². The van der Waals surface area contributed by atoms with E-state index in [-0.39, 0.29) is 11.5 Å². The first-order valence-electron chi connectivity index (χ1n) is 15.5. The van der Waals surface area contributed by atoms with E-state index >= 15 is 0 Å². The smallest absolute Gasteiger partial charge is 0.299 e. The van der Waals surface area contributed by atoms with Crippen molar-refractivity contribution in [2.45, 2.75) is 51.2 Å². The van der Waals surface area contributed by atoms with Crippen molar-refractivity contribution in [2.24, 2.45) is 5.73 Å². The zero-order valence-corrected chi connectivity index (χ0v) is 25.0. The number of amides is 1. The van der Waals surface area contributed by atoms with Crippen LogP contribution in [0.4, 0.5) is 12.0 Å². The SMILES string of the molecule is Cc1ccc(C2(c3cnc4nc(N5CCCCC5)oc4c3)NC(C(N)=O)=C(c3cnc4nc(N5CCCCC5)oc4c3)O2)cn1. The number of piperidine rings is 2. The van der Waals surface area contributed by atoms with Crippen LogP contribution in [0.25, 0.3) is 28.2 Å². The molecule has 13 heteroatoms. The van der Waals surface area contributed by atoms with Crippen LogP contribution in [-0.2, 0) is 15.3 Å². The Kier molecular flexibility index (Phi) is 6.54. The lowest BCUT2D eigenvalue weighted by Gasteiger charge is -2.30. The molecule has 45 heavy (non-hydrogen) atoms. The molecule has 8 heterocycles. The third-order valence-corrected chi connectivity index (χ3v) is 8.74. The van der Waals surface area contributed by atoms with Crippen LogP contribution in [0.3, 0.4) is 0 Å². The molecule has 0 spiro atoms. The van der Waals surface area contributed by atoms with Gasteiger partial charge in [-0.2, -0.15) is 9.97 Å². The largest absolute Gasteiger partial charge is 0.456 e. The molecule has 2 fully saturated rings. The van der Waals surface area contributed by atoms with Gasteiger partial charge in [0.25, 0.3) is 17.9 Å². The van der Waals surface area contributed by atoms with Gasteiger partial charge in [0.15, 0.2) is 16.9 Å². The van der Waals surface area contributed by atoms with E-state index in [0.717, 1.165) is 57.6 Å². The lowest BCUT2D eigenvalue weighted by molar-refractivity contribution is -0.115. The molecular formula is C32H33N9O4. The van der Waals surface area contributed by atoms with Crippen molar-refractivity contribution in [2.75, 3.05) is 36.0 Å². The van der Waals surface area contributed by atoms with Crippen molar-refractivity contribution in [3.05, 3.63) is 70.9 Å². The Bertz CT molecular complexity index is 1940. The molecule has 1 amide bonds. The molecule has 3 aliphatic heterocycles. The minimum absolute atomic E-state index is 0.0826. The third kappa shape index (κ3) is 4.78. The average Bonchev–Trinajstić information content (AvgIpc) is 3.81. The molecule has 13 nitrogen and oxygen atoms in total. The summed E-state index contributed by atoms with van der Waals surface area (Å²) >= 11 is 0. The second-order valence-electron chi connectivity index (χ2n) is 11.8. The van der Waals surface area contributed by atoms with Gasteiger partial charge in [-0.05, 0) is 69.7 Å². The number of aryl methyl sites for hydroxylation is 1. The fraction of sp³-hybridized carbons (Fsp3) is 0.375. The Balaban J connectivity index is 1.21. The second-order valence-corrected chi connectivity index (χ2v) is 11.8.